The molecule has 2 aromatic carbocycles. The summed E-state index contributed by atoms with van der Waals surface area (Å²) in [5.74, 6) is -0.0615. The Labute approximate surface area is 148 Å². The van der Waals surface area contributed by atoms with E-state index >= 15 is 0 Å². The molecular weight excluding hydrogens is 312 g/mol. The van der Waals surface area contributed by atoms with E-state index in [1.54, 1.807) is 0 Å². The first-order valence-electron chi connectivity index (χ1n) is 8.87. The zero-order valence-electron chi connectivity index (χ0n) is 14.5. The van der Waals surface area contributed by atoms with E-state index in [9.17, 15) is 9.59 Å². The highest BCUT2D eigenvalue weighted by Gasteiger charge is 2.31. The van der Waals surface area contributed by atoms with Gasteiger partial charge in [0, 0.05) is 12.6 Å². The third-order valence-corrected chi connectivity index (χ3v) is 4.77. The standard InChI is InChI=1S/C21H24N2O2/c1-15(24)22-20(18-9-5-6-10-18)21(25)23-19-13-11-17(12-14-19)16-7-3-2-4-8-16/h2-4,7-8,11-14,18,20H,5-6,9-10H2,1H3,(H,22,24)(H,23,25). The number of anilines is 1. The highest BCUT2D eigenvalue weighted by molar-refractivity contribution is 5.97. The van der Waals surface area contributed by atoms with Crippen LogP contribution < -0.4 is 10.6 Å². The lowest BCUT2D eigenvalue weighted by atomic mass is 9.97. The Bertz CT molecular complexity index is 719. The van der Waals surface area contributed by atoms with Crippen molar-refractivity contribution >= 4 is 17.5 Å². The van der Waals surface area contributed by atoms with Crippen LogP contribution in [-0.4, -0.2) is 17.9 Å². The van der Waals surface area contributed by atoms with Gasteiger partial charge in [0.2, 0.25) is 11.8 Å². The van der Waals surface area contributed by atoms with Crippen molar-refractivity contribution in [1.82, 2.24) is 5.32 Å². The summed E-state index contributed by atoms with van der Waals surface area (Å²) in [4.78, 5) is 24.1. The van der Waals surface area contributed by atoms with Gasteiger partial charge in [0.25, 0.3) is 0 Å². The summed E-state index contributed by atoms with van der Waals surface area (Å²) in [7, 11) is 0. The largest absolute Gasteiger partial charge is 0.344 e. The number of hydrogen-bond acceptors (Lipinski definition) is 2. The molecule has 0 spiro atoms. The van der Waals surface area contributed by atoms with Crippen molar-refractivity contribution in [2.24, 2.45) is 5.92 Å². The molecule has 0 bridgehead atoms. The fourth-order valence-electron chi connectivity index (χ4n) is 3.50. The van der Waals surface area contributed by atoms with Gasteiger partial charge in [-0.05, 0) is 42.0 Å². The average molecular weight is 336 g/mol. The molecule has 130 valence electrons. The van der Waals surface area contributed by atoms with Crippen LogP contribution in [0, 0.1) is 5.92 Å². The highest BCUT2D eigenvalue weighted by Crippen LogP contribution is 2.28. The van der Waals surface area contributed by atoms with E-state index in [4.69, 9.17) is 0 Å². The molecule has 1 saturated carbocycles. The Morgan fingerprint density at radius 2 is 1.52 bits per heavy atom. The SMILES string of the molecule is CC(=O)NC(C(=O)Nc1ccc(-c2ccccc2)cc1)C1CCCC1. The van der Waals surface area contributed by atoms with Crippen LogP contribution in [0.5, 0.6) is 0 Å². The van der Waals surface area contributed by atoms with E-state index in [1.165, 1.54) is 6.92 Å². The van der Waals surface area contributed by atoms with E-state index in [1.807, 2.05) is 42.5 Å². The Morgan fingerprint density at radius 3 is 2.12 bits per heavy atom. The number of nitrogens with one attached hydrogen (secondary N) is 2. The van der Waals surface area contributed by atoms with Crippen molar-refractivity contribution in [3.8, 4) is 11.1 Å². The molecule has 4 heteroatoms. The third-order valence-electron chi connectivity index (χ3n) is 4.77. The van der Waals surface area contributed by atoms with Crippen LogP contribution in [0.1, 0.15) is 32.6 Å². The fourth-order valence-corrected chi connectivity index (χ4v) is 3.50. The van der Waals surface area contributed by atoms with Gasteiger partial charge < -0.3 is 10.6 Å². The van der Waals surface area contributed by atoms with Gasteiger partial charge in [0.15, 0.2) is 0 Å². The third kappa shape index (κ3) is 4.47. The molecule has 0 radical (unpaired) electrons. The molecule has 0 heterocycles. The molecule has 1 atom stereocenters. The molecule has 25 heavy (non-hydrogen) atoms. The lowest BCUT2D eigenvalue weighted by molar-refractivity contribution is -0.126. The first-order chi connectivity index (χ1) is 12.1. The van der Waals surface area contributed by atoms with Crippen LogP contribution in [0.25, 0.3) is 11.1 Å². The minimum Gasteiger partial charge on any atom is -0.344 e. The maximum absolute atomic E-state index is 12.7. The van der Waals surface area contributed by atoms with Crippen molar-refractivity contribution in [3.05, 3.63) is 54.6 Å². The van der Waals surface area contributed by atoms with Gasteiger partial charge in [-0.25, -0.2) is 0 Å². The van der Waals surface area contributed by atoms with E-state index in [-0.39, 0.29) is 17.7 Å². The number of amides is 2. The maximum Gasteiger partial charge on any atom is 0.247 e. The first-order valence-corrected chi connectivity index (χ1v) is 8.87. The number of carbonyl (C=O) groups is 2. The predicted octanol–water partition coefficient (Wildman–Crippen LogP) is 3.99. The molecule has 0 aliphatic heterocycles. The van der Waals surface area contributed by atoms with Crippen LogP contribution in [0.2, 0.25) is 0 Å². The summed E-state index contributed by atoms with van der Waals surface area (Å²) in [6.45, 7) is 1.46. The van der Waals surface area contributed by atoms with Crippen LogP contribution >= 0.6 is 0 Å². The molecular formula is C21H24N2O2. The monoisotopic (exact) mass is 336 g/mol. The van der Waals surface area contributed by atoms with Crippen LogP contribution in [0.4, 0.5) is 5.69 Å². The summed E-state index contributed by atoms with van der Waals surface area (Å²) in [5.41, 5.74) is 2.99. The molecule has 1 aliphatic carbocycles. The second-order valence-electron chi connectivity index (χ2n) is 6.66. The summed E-state index contributed by atoms with van der Waals surface area (Å²) in [6, 6.07) is 17.5. The minimum atomic E-state index is -0.450. The number of hydrogen-bond donors (Lipinski definition) is 2. The topological polar surface area (TPSA) is 58.2 Å². The lowest BCUT2D eigenvalue weighted by Crippen LogP contribution is -2.47. The molecule has 0 saturated heterocycles. The maximum atomic E-state index is 12.7. The van der Waals surface area contributed by atoms with Crippen LogP contribution in [-0.2, 0) is 9.59 Å². The second-order valence-corrected chi connectivity index (χ2v) is 6.66. The number of rotatable bonds is 5. The quantitative estimate of drug-likeness (QED) is 0.867. The molecule has 1 aliphatic rings. The molecule has 4 nitrogen and oxygen atoms in total. The van der Waals surface area contributed by atoms with Crippen molar-refractivity contribution in [2.45, 2.75) is 38.6 Å². The smallest absolute Gasteiger partial charge is 0.247 e. The Morgan fingerprint density at radius 1 is 0.920 bits per heavy atom. The zero-order chi connectivity index (χ0) is 17.6. The van der Waals surface area contributed by atoms with Gasteiger partial charge in [-0.3, -0.25) is 9.59 Å². The van der Waals surface area contributed by atoms with Gasteiger partial charge in [0.05, 0.1) is 0 Å². The first kappa shape index (κ1) is 17.2. The van der Waals surface area contributed by atoms with Crippen molar-refractivity contribution < 1.29 is 9.59 Å². The molecule has 3 rings (SSSR count). The summed E-state index contributed by atoms with van der Waals surface area (Å²) in [5, 5.41) is 5.78. The lowest BCUT2D eigenvalue weighted by Gasteiger charge is -2.23. The second kappa shape index (κ2) is 7.97. The Kier molecular flexibility index (Phi) is 5.49. The molecule has 1 fully saturated rings. The van der Waals surface area contributed by atoms with Gasteiger partial charge in [-0.2, -0.15) is 0 Å². The van der Waals surface area contributed by atoms with Crippen LogP contribution in [0.15, 0.2) is 54.6 Å². The van der Waals surface area contributed by atoms with E-state index in [0.29, 0.717) is 0 Å². The number of carbonyl (C=O) groups excluding carboxylic acids is 2. The van der Waals surface area contributed by atoms with E-state index in [0.717, 1.165) is 42.5 Å². The normalized spacial score (nSPS) is 15.6. The van der Waals surface area contributed by atoms with Crippen molar-refractivity contribution in [3.63, 3.8) is 0 Å². The molecule has 0 aromatic heterocycles. The Hall–Kier alpha value is -2.62. The highest BCUT2D eigenvalue weighted by atomic mass is 16.2. The van der Waals surface area contributed by atoms with Crippen molar-refractivity contribution in [2.75, 3.05) is 5.32 Å². The van der Waals surface area contributed by atoms with Crippen LogP contribution in [0.3, 0.4) is 0 Å². The van der Waals surface area contributed by atoms with Gasteiger partial charge in [-0.15, -0.1) is 0 Å². The molecule has 2 amide bonds. The van der Waals surface area contributed by atoms with Crippen molar-refractivity contribution in [1.29, 1.82) is 0 Å². The molecule has 2 aromatic rings. The number of benzene rings is 2. The average Bonchev–Trinajstić information content (AvgIpc) is 3.15. The zero-order valence-corrected chi connectivity index (χ0v) is 14.5. The Balaban J connectivity index is 1.69. The summed E-state index contributed by atoms with van der Waals surface area (Å²) < 4.78 is 0. The minimum absolute atomic E-state index is 0.130. The predicted molar refractivity (Wildman–Crippen MR) is 100 cm³/mol. The molecule has 2 N–H and O–H groups in total. The summed E-state index contributed by atoms with van der Waals surface area (Å²) in [6.07, 6.45) is 4.23. The van der Waals surface area contributed by atoms with Gasteiger partial charge in [0.1, 0.15) is 6.04 Å². The van der Waals surface area contributed by atoms with Gasteiger partial charge >= 0.3 is 0 Å². The van der Waals surface area contributed by atoms with E-state index < -0.39 is 6.04 Å². The molecule has 1 unspecified atom stereocenters. The fraction of sp³-hybridized carbons (Fsp3) is 0.333. The summed E-state index contributed by atoms with van der Waals surface area (Å²) >= 11 is 0. The van der Waals surface area contributed by atoms with E-state index in [2.05, 4.69) is 22.8 Å². The van der Waals surface area contributed by atoms with Gasteiger partial charge in [-0.1, -0.05) is 55.3 Å².